The van der Waals surface area contributed by atoms with Crippen molar-refractivity contribution < 1.29 is 0 Å². The van der Waals surface area contributed by atoms with Gasteiger partial charge in [0.1, 0.15) is 0 Å². The zero-order chi connectivity index (χ0) is 14.2. The van der Waals surface area contributed by atoms with Crippen molar-refractivity contribution in [1.29, 1.82) is 0 Å². The number of aromatic nitrogens is 1. The van der Waals surface area contributed by atoms with Crippen molar-refractivity contribution in [2.24, 2.45) is 0 Å². The van der Waals surface area contributed by atoms with Crippen molar-refractivity contribution in [2.75, 3.05) is 0 Å². The van der Waals surface area contributed by atoms with Crippen molar-refractivity contribution >= 4 is 15.9 Å². The average molecular weight is 344 g/mol. The van der Waals surface area contributed by atoms with Crippen molar-refractivity contribution in [3.05, 3.63) is 45.6 Å². The number of aromatic amines is 1. The summed E-state index contributed by atoms with van der Waals surface area (Å²) in [5, 5.41) is 0. The second-order valence-corrected chi connectivity index (χ2v) is 7.48. The zero-order valence-electron chi connectivity index (χ0n) is 12.4. The van der Waals surface area contributed by atoms with Crippen LogP contribution in [0.5, 0.6) is 0 Å². The highest BCUT2D eigenvalue weighted by Gasteiger charge is 2.27. The first kappa shape index (κ1) is 13.6. The summed E-state index contributed by atoms with van der Waals surface area (Å²) in [6.45, 7) is 0. The van der Waals surface area contributed by atoms with Gasteiger partial charge in [-0.25, -0.2) is 0 Å². The highest BCUT2D eigenvalue weighted by Crippen LogP contribution is 2.42. The Morgan fingerprint density at radius 3 is 2.24 bits per heavy atom. The van der Waals surface area contributed by atoms with E-state index in [1.54, 1.807) is 16.8 Å². The first-order valence-corrected chi connectivity index (χ1v) is 9.12. The molecule has 1 aromatic carbocycles. The van der Waals surface area contributed by atoms with Gasteiger partial charge in [0.05, 0.1) is 0 Å². The molecule has 2 aromatic rings. The number of benzene rings is 1. The van der Waals surface area contributed by atoms with Crippen LogP contribution < -0.4 is 0 Å². The van der Waals surface area contributed by atoms with Gasteiger partial charge in [0.2, 0.25) is 0 Å². The van der Waals surface area contributed by atoms with Gasteiger partial charge < -0.3 is 4.98 Å². The van der Waals surface area contributed by atoms with Gasteiger partial charge in [-0.1, -0.05) is 40.9 Å². The van der Waals surface area contributed by atoms with E-state index < -0.39 is 0 Å². The lowest BCUT2D eigenvalue weighted by Crippen LogP contribution is -2.04. The standard InChI is InChI=1S/C19H22BrN/c20-15-11-9-14(10-12-15)19-17-8-4-3-7-16(17)18(21-19)13-5-1-2-6-13/h9-13,21H,1-8H2. The van der Waals surface area contributed by atoms with E-state index in [2.05, 4.69) is 45.2 Å². The number of halogens is 1. The summed E-state index contributed by atoms with van der Waals surface area (Å²) >= 11 is 3.54. The largest absolute Gasteiger partial charge is 0.358 e. The number of H-pyrrole nitrogens is 1. The minimum atomic E-state index is 0.793. The van der Waals surface area contributed by atoms with Crippen molar-refractivity contribution in [3.63, 3.8) is 0 Å². The molecule has 0 radical (unpaired) electrons. The Hall–Kier alpha value is -1.02. The molecule has 1 saturated carbocycles. The molecule has 1 aromatic heterocycles. The van der Waals surface area contributed by atoms with Gasteiger partial charge in [-0.3, -0.25) is 0 Å². The van der Waals surface area contributed by atoms with Crippen molar-refractivity contribution in [2.45, 2.75) is 57.3 Å². The summed E-state index contributed by atoms with van der Waals surface area (Å²) in [6, 6.07) is 8.79. The normalized spacial score (nSPS) is 18.9. The van der Waals surface area contributed by atoms with Crippen LogP contribution in [0.4, 0.5) is 0 Å². The minimum Gasteiger partial charge on any atom is -0.358 e. The maximum Gasteiger partial charge on any atom is 0.0491 e. The molecule has 1 fully saturated rings. The topological polar surface area (TPSA) is 15.8 Å². The van der Waals surface area contributed by atoms with Crippen LogP contribution in [0.1, 0.15) is 61.3 Å². The molecule has 1 heterocycles. The van der Waals surface area contributed by atoms with E-state index in [-0.39, 0.29) is 0 Å². The molecule has 0 atom stereocenters. The highest BCUT2D eigenvalue weighted by atomic mass is 79.9. The van der Waals surface area contributed by atoms with E-state index in [4.69, 9.17) is 0 Å². The van der Waals surface area contributed by atoms with Gasteiger partial charge in [0.15, 0.2) is 0 Å². The van der Waals surface area contributed by atoms with Crippen LogP contribution in [0.3, 0.4) is 0 Å². The van der Waals surface area contributed by atoms with Crippen LogP contribution in [-0.4, -0.2) is 4.98 Å². The molecule has 0 amide bonds. The fourth-order valence-corrected chi connectivity index (χ4v) is 4.45. The second kappa shape index (κ2) is 5.64. The van der Waals surface area contributed by atoms with E-state index in [0.29, 0.717) is 0 Å². The lowest BCUT2D eigenvalue weighted by molar-refractivity contribution is 0.653. The predicted molar refractivity (Wildman–Crippen MR) is 91.8 cm³/mol. The SMILES string of the molecule is Brc1ccc(-c2[nH]c(C3CCCC3)c3c2CCCC3)cc1. The molecule has 0 saturated heterocycles. The Morgan fingerprint density at radius 2 is 1.52 bits per heavy atom. The maximum atomic E-state index is 3.85. The molecule has 1 nitrogen and oxygen atoms in total. The van der Waals surface area contributed by atoms with E-state index in [9.17, 15) is 0 Å². The first-order chi connectivity index (χ1) is 10.3. The Labute approximate surface area is 135 Å². The van der Waals surface area contributed by atoms with E-state index in [0.717, 1.165) is 10.4 Å². The molecular formula is C19H22BrN. The molecule has 0 spiro atoms. The Balaban J connectivity index is 1.81. The summed E-state index contributed by atoms with van der Waals surface area (Å²) in [4.78, 5) is 3.85. The monoisotopic (exact) mass is 343 g/mol. The molecule has 2 aliphatic rings. The fourth-order valence-electron chi connectivity index (χ4n) is 4.19. The van der Waals surface area contributed by atoms with Crippen LogP contribution >= 0.6 is 15.9 Å². The average Bonchev–Trinajstić information content (AvgIpc) is 3.15. The Bertz CT molecular complexity index is 632. The molecular weight excluding hydrogens is 322 g/mol. The lowest BCUT2D eigenvalue weighted by atomic mass is 9.87. The number of nitrogens with one attached hydrogen (secondary N) is 1. The van der Waals surface area contributed by atoms with Gasteiger partial charge in [0, 0.05) is 15.9 Å². The lowest BCUT2D eigenvalue weighted by Gasteiger charge is -2.16. The third-order valence-corrected chi connectivity index (χ3v) is 5.78. The van der Waals surface area contributed by atoms with Crippen molar-refractivity contribution in [3.8, 4) is 11.3 Å². The van der Waals surface area contributed by atoms with Gasteiger partial charge in [-0.05, 0) is 73.3 Å². The molecule has 1 N–H and O–H groups in total. The van der Waals surface area contributed by atoms with Gasteiger partial charge in [0.25, 0.3) is 0 Å². The third kappa shape index (κ3) is 2.48. The molecule has 0 aliphatic heterocycles. The van der Waals surface area contributed by atoms with Gasteiger partial charge in [-0.2, -0.15) is 0 Å². The summed E-state index contributed by atoms with van der Waals surface area (Å²) < 4.78 is 1.16. The van der Waals surface area contributed by atoms with Gasteiger partial charge in [-0.15, -0.1) is 0 Å². The number of hydrogen-bond donors (Lipinski definition) is 1. The number of rotatable bonds is 2. The summed E-state index contributed by atoms with van der Waals surface area (Å²) in [7, 11) is 0. The Morgan fingerprint density at radius 1 is 0.857 bits per heavy atom. The van der Waals surface area contributed by atoms with Crippen LogP contribution in [0, 0.1) is 0 Å². The fraction of sp³-hybridized carbons (Fsp3) is 0.474. The van der Waals surface area contributed by atoms with E-state index in [1.165, 1.54) is 62.6 Å². The third-order valence-electron chi connectivity index (χ3n) is 5.25. The summed E-state index contributed by atoms with van der Waals surface area (Å²) in [5.41, 5.74) is 7.62. The van der Waals surface area contributed by atoms with Crippen LogP contribution in [-0.2, 0) is 12.8 Å². The summed E-state index contributed by atoms with van der Waals surface area (Å²) in [6.07, 6.45) is 10.8. The minimum absolute atomic E-state index is 0.793. The van der Waals surface area contributed by atoms with Crippen molar-refractivity contribution in [1.82, 2.24) is 4.98 Å². The molecule has 4 rings (SSSR count). The van der Waals surface area contributed by atoms with E-state index in [1.807, 2.05) is 0 Å². The molecule has 21 heavy (non-hydrogen) atoms. The molecule has 2 aliphatic carbocycles. The molecule has 110 valence electrons. The zero-order valence-corrected chi connectivity index (χ0v) is 14.0. The quantitative estimate of drug-likeness (QED) is 0.690. The highest BCUT2D eigenvalue weighted by molar-refractivity contribution is 9.10. The van der Waals surface area contributed by atoms with Crippen LogP contribution in [0.15, 0.2) is 28.7 Å². The second-order valence-electron chi connectivity index (χ2n) is 6.57. The molecule has 0 unspecified atom stereocenters. The maximum absolute atomic E-state index is 3.85. The van der Waals surface area contributed by atoms with Gasteiger partial charge >= 0.3 is 0 Å². The van der Waals surface area contributed by atoms with E-state index >= 15 is 0 Å². The predicted octanol–water partition coefficient (Wildman–Crippen LogP) is 5.98. The van der Waals surface area contributed by atoms with Crippen LogP contribution in [0.2, 0.25) is 0 Å². The number of fused-ring (bicyclic) bond motifs is 1. The molecule has 0 bridgehead atoms. The smallest absolute Gasteiger partial charge is 0.0491 e. The number of hydrogen-bond acceptors (Lipinski definition) is 0. The first-order valence-electron chi connectivity index (χ1n) is 8.32. The Kier molecular flexibility index (Phi) is 3.66. The van der Waals surface area contributed by atoms with Crippen LogP contribution in [0.25, 0.3) is 11.3 Å². The molecule has 2 heteroatoms. The summed E-state index contributed by atoms with van der Waals surface area (Å²) in [5.74, 6) is 0.793.